The molecule has 0 fully saturated rings. The Bertz CT molecular complexity index is 546. The van der Waals surface area contributed by atoms with Crippen LogP contribution in [0.15, 0.2) is 35.4 Å². The molecule has 0 aliphatic carbocycles. The highest BCUT2D eigenvalue weighted by molar-refractivity contribution is 5.91. The second-order valence-corrected chi connectivity index (χ2v) is 6.63. The van der Waals surface area contributed by atoms with E-state index in [1.165, 1.54) is 5.01 Å². The molecule has 0 unspecified atom stereocenters. The van der Waals surface area contributed by atoms with E-state index in [1.54, 1.807) is 0 Å². The molecule has 0 saturated heterocycles. The third kappa shape index (κ3) is 3.00. The van der Waals surface area contributed by atoms with E-state index >= 15 is 0 Å². The first kappa shape index (κ1) is 15.7. The molecule has 4 nitrogen and oxygen atoms in total. The van der Waals surface area contributed by atoms with Crippen molar-refractivity contribution in [2.45, 2.75) is 52.7 Å². The largest absolute Gasteiger partial charge is 0.368 e. The first-order valence-corrected chi connectivity index (χ1v) is 7.43. The van der Waals surface area contributed by atoms with Crippen LogP contribution in [0.5, 0.6) is 0 Å². The lowest BCUT2D eigenvalue weighted by atomic mass is 9.79. The topological polar surface area (TPSA) is 52.9 Å². The number of carbonyl (C=O) groups excluding carboxylic acids is 1. The minimum absolute atomic E-state index is 0.165. The van der Waals surface area contributed by atoms with Gasteiger partial charge in [-0.1, -0.05) is 58.0 Å². The quantitative estimate of drug-likeness (QED) is 0.929. The van der Waals surface area contributed by atoms with Crippen LogP contribution >= 0.6 is 0 Å². The third-order valence-electron chi connectivity index (χ3n) is 4.09. The van der Waals surface area contributed by atoms with E-state index in [2.05, 4.69) is 5.10 Å². The van der Waals surface area contributed by atoms with Crippen molar-refractivity contribution in [2.75, 3.05) is 0 Å². The average Bonchev–Trinajstić information content (AvgIpc) is 2.78. The fourth-order valence-electron chi connectivity index (χ4n) is 2.50. The first-order valence-electron chi connectivity index (χ1n) is 7.43. The molecular formula is C17H24N2O2. The van der Waals surface area contributed by atoms with Gasteiger partial charge in [0.05, 0.1) is 6.42 Å². The van der Waals surface area contributed by atoms with E-state index in [4.69, 9.17) is 0 Å². The Kier molecular flexibility index (Phi) is 4.19. The summed E-state index contributed by atoms with van der Waals surface area (Å²) in [4.78, 5) is 12.6. The Morgan fingerprint density at radius 3 is 2.48 bits per heavy atom. The van der Waals surface area contributed by atoms with Crippen LogP contribution in [0.3, 0.4) is 0 Å². The summed E-state index contributed by atoms with van der Waals surface area (Å²) in [6.45, 7) is 7.80. The number of rotatable bonds is 3. The summed E-state index contributed by atoms with van der Waals surface area (Å²) in [5, 5.41) is 16.7. The third-order valence-corrected chi connectivity index (χ3v) is 4.09. The predicted octanol–water partition coefficient (Wildman–Crippen LogP) is 2.96. The van der Waals surface area contributed by atoms with E-state index in [1.807, 2.05) is 58.0 Å². The predicted molar refractivity (Wildman–Crippen MR) is 83.7 cm³/mol. The molecule has 1 atom stereocenters. The van der Waals surface area contributed by atoms with Gasteiger partial charge in [0.1, 0.15) is 0 Å². The van der Waals surface area contributed by atoms with E-state index in [0.717, 1.165) is 17.7 Å². The number of amides is 1. The highest BCUT2D eigenvalue weighted by Gasteiger charge is 2.51. The van der Waals surface area contributed by atoms with Crippen LogP contribution in [0.2, 0.25) is 0 Å². The zero-order chi connectivity index (χ0) is 15.7. The molecule has 1 N–H and O–H groups in total. The molecule has 114 valence electrons. The molecule has 0 aromatic heterocycles. The number of benzene rings is 1. The van der Waals surface area contributed by atoms with Crippen LogP contribution in [-0.2, 0) is 11.2 Å². The average molecular weight is 288 g/mol. The van der Waals surface area contributed by atoms with Crippen LogP contribution in [0, 0.1) is 5.41 Å². The van der Waals surface area contributed by atoms with E-state index in [0.29, 0.717) is 6.42 Å². The highest BCUT2D eigenvalue weighted by atomic mass is 16.3. The molecular weight excluding hydrogens is 264 g/mol. The number of carbonyl (C=O) groups is 1. The van der Waals surface area contributed by atoms with Crippen molar-refractivity contribution >= 4 is 11.6 Å². The minimum atomic E-state index is -1.25. The van der Waals surface area contributed by atoms with Crippen LogP contribution in [0.25, 0.3) is 0 Å². The summed E-state index contributed by atoms with van der Waals surface area (Å²) >= 11 is 0. The lowest BCUT2D eigenvalue weighted by Crippen LogP contribution is -2.55. The molecule has 1 amide bonds. The molecule has 0 saturated carbocycles. The van der Waals surface area contributed by atoms with Gasteiger partial charge >= 0.3 is 0 Å². The zero-order valence-corrected chi connectivity index (χ0v) is 13.3. The molecule has 1 heterocycles. The Balaban J connectivity index is 2.26. The van der Waals surface area contributed by atoms with Crippen molar-refractivity contribution in [1.82, 2.24) is 5.01 Å². The van der Waals surface area contributed by atoms with Crippen LogP contribution in [0.4, 0.5) is 0 Å². The Hall–Kier alpha value is -1.68. The van der Waals surface area contributed by atoms with Gasteiger partial charge in [0.2, 0.25) is 5.91 Å². The molecule has 21 heavy (non-hydrogen) atoms. The maximum absolute atomic E-state index is 12.6. The number of hydrogen-bond donors (Lipinski definition) is 1. The summed E-state index contributed by atoms with van der Waals surface area (Å²) in [6.07, 6.45) is 1.42. The molecule has 0 bridgehead atoms. The number of hydrogen-bond acceptors (Lipinski definition) is 3. The Morgan fingerprint density at radius 2 is 1.95 bits per heavy atom. The zero-order valence-electron chi connectivity index (χ0n) is 13.3. The van der Waals surface area contributed by atoms with Gasteiger partial charge in [0.25, 0.3) is 0 Å². The minimum Gasteiger partial charge on any atom is -0.368 e. The number of nitrogens with zero attached hydrogens (tertiary/aromatic N) is 2. The first-order chi connectivity index (χ1) is 9.78. The van der Waals surface area contributed by atoms with Gasteiger partial charge in [-0.3, -0.25) is 4.79 Å². The summed E-state index contributed by atoms with van der Waals surface area (Å²) in [6, 6.07) is 9.55. The molecule has 2 rings (SSSR count). The van der Waals surface area contributed by atoms with Crippen molar-refractivity contribution in [3.63, 3.8) is 0 Å². The summed E-state index contributed by atoms with van der Waals surface area (Å²) in [5.74, 6) is -0.165. The maximum Gasteiger partial charge on any atom is 0.249 e. The van der Waals surface area contributed by atoms with Gasteiger partial charge in [0.15, 0.2) is 5.72 Å². The van der Waals surface area contributed by atoms with Crippen molar-refractivity contribution < 1.29 is 9.90 Å². The van der Waals surface area contributed by atoms with Gasteiger partial charge in [-0.2, -0.15) is 5.10 Å². The molecule has 4 heteroatoms. The monoisotopic (exact) mass is 288 g/mol. The summed E-state index contributed by atoms with van der Waals surface area (Å²) < 4.78 is 0. The lowest BCUT2D eigenvalue weighted by Gasteiger charge is -2.41. The number of aliphatic hydroxyl groups is 1. The van der Waals surface area contributed by atoms with E-state index < -0.39 is 11.1 Å². The van der Waals surface area contributed by atoms with Crippen molar-refractivity contribution in [3.05, 3.63) is 35.9 Å². The SMILES string of the molecule is CCC1=NN(C(=O)Cc2ccccc2)[C@](O)(C(C)(C)C)C1. The molecule has 1 aliphatic heterocycles. The Labute approximate surface area is 126 Å². The number of hydrazone groups is 1. The smallest absolute Gasteiger partial charge is 0.249 e. The standard InChI is InChI=1S/C17H24N2O2/c1-5-14-12-17(21,16(2,3)4)19(18-14)15(20)11-13-9-7-6-8-10-13/h6-10,21H,5,11-12H2,1-4H3/t17-/m1/s1. The van der Waals surface area contributed by atoms with Gasteiger partial charge in [-0.25, -0.2) is 5.01 Å². The fourth-order valence-corrected chi connectivity index (χ4v) is 2.50. The van der Waals surface area contributed by atoms with Gasteiger partial charge in [0, 0.05) is 17.5 Å². The summed E-state index contributed by atoms with van der Waals surface area (Å²) in [5.41, 5.74) is 0.0944. The second-order valence-electron chi connectivity index (χ2n) is 6.63. The molecule has 1 aromatic carbocycles. The Morgan fingerprint density at radius 1 is 1.33 bits per heavy atom. The van der Waals surface area contributed by atoms with Crippen LogP contribution in [-0.4, -0.2) is 27.5 Å². The van der Waals surface area contributed by atoms with Crippen molar-refractivity contribution in [3.8, 4) is 0 Å². The van der Waals surface area contributed by atoms with Gasteiger partial charge in [-0.15, -0.1) is 0 Å². The van der Waals surface area contributed by atoms with Gasteiger partial charge in [-0.05, 0) is 12.0 Å². The second kappa shape index (κ2) is 5.60. The van der Waals surface area contributed by atoms with E-state index in [-0.39, 0.29) is 12.3 Å². The van der Waals surface area contributed by atoms with Crippen LogP contribution < -0.4 is 0 Å². The molecule has 0 spiro atoms. The lowest BCUT2D eigenvalue weighted by molar-refractivity contribution is -0.181. The summed E-state index contributed by atoms with van der Waals surface area (Å²) in [7, 11) is 0. The van der Waals surface area contributed by atoms with Gasteiger partial charge < -0.3 is 5.11 Å². The van der Waals surface area contributed by atoms with Crippen LogP contribution in [0.1, 0.15) is 46.1 Å². The maximum atomic E-state index is 12.6. The molecule has 0 radical (unpaired) electrons. The highest BCUT2D eigenvalue weighted by Crippen LogP contribution is 2.41. The normalized spacial score (nSPS) is 22.3. The van der Waals surface area contributed by atoms with Crippen molar-refractivity contribution in [2.24, 2.45) is 10.5 Å². The molecule has 1 aromatic rings. The van der Waals surface area contributed by atoms with E-state index in [9.17, 15) is 9.90 Å². The molecule has 1 aliphatic rings. The fraction of sp³-hybridized carbons (Fsp3) is 0.529. The van der Waals surface area contributed by atoms with Crippen molar-refractivity contribution in [1.29, 1.82) is 0 Å².